The average molecular weight is 201 g/mol. The molecule has 0 saturated carbocycles. The van der Waals surface area contributed by atoms with Crippen LogP contribution in [0.3, 0.4) is 0 Å². The Labute approximate surface area is 87.6 Å². The van der Waals surface area contributed by atoms with E-state index >= 15 is 0 Å². The molecular formula is C11H11N3O. The number of hydrogen-bond donors (Lipinski definition) is 0. The van der Waals surface area contributed by atoms with Crippen molar-refractivity contribution in [3.63, 3.8) is 0 Å². The lowest BCUT2D eigenvalue weighted by Crippen LogP contribution is -1.95. The smallest absolute Gasteiger partial charge is 0.161 e. The van der Waals surface area contributed by atoms with E-state index in [9.17, 15) is 4.79 Å². The summed E-state index contributed by atoms with van der Waals surface area (Å²) < 4.78 is 1.89. The third-order valence-electron chi connectivity index (χ3n) is 2.26. The summed E-state index contributed by atoms with van der Waals surface area (Å²) in [6.45, 7) is 1.53. The Bertz CT molecular complexity index is 502. The van der Waals surface area contributed by atoms with E-state index in [4.69, 9.17) is 0 Å². The largest absolute Gasteiger partial charge is 0.334 e. The number of Topliss-reactive ketones (excluding diaryl/α,β-unsaturated/α-hetero) is 1. The highest BCUT2D eigenvalue weighted by Gasteiger charge is 2.05. The number of hydrogen-bond acceptors (Lipinski definition) is 3. The Balaban J connectivity index is 2.50. The topological polar surface area (TPSA) is 47.8 Å². The van der Waals surface area contributed by atoms with Gasteiger partial charge in [0.15, 0.2) is 5.78 Å². The lowest BCUT2D eigenvalue weighted by atomic mass is 10.1. The van der Waals surface area contributed by atoms with Gasteiger partial charge >= 0.3 is 0 Å². The fourth-order valence-corrected chi connectivity index (χ4v) is 1.41. The molecule has 0 saturated heterocycles. The van der Waals surface area contributed by atoms with Gasteiger partial charge in [0.1, 0.15) is 0 Å². The molecule has 76 valence electrons. The number of imidazole rings is 1. The van der Waals surface area contributed by atoms with Crippen LogP contribution in [0.15, 0.2) is 31.0 Å². The van der Waals surface area contributed by atoms with Gasteiger partial charge < -0.3 is 4.57 Å². The van der Waals surface area contributed by atoms with E-state index in [-0.39, 0.29) is 5.78 Å². The highest BCUT2D eigenvalue weighted by Crippen LogP contribution is 2.18. The summed E-state index contributed by atoms with van der Waals surface area (Å²) in [7, 11) is 1.91. The van der Waals surface area contributed by atoms with Gasteiger partial charge in [0.25, 0.3) is 0 Å². The van der Waals surface area contributed by atoms with Crippen molar-refractivity contribution in [3.8, 4) is 11.3 Å². The van der Waals surface area contributed by atoms with Crippen molar-refractivity contribution in [1.82, 2.24) is 14.5 Å². The fraction of sp³-hybridized carbons (Fsp3) is 0.182. The molecule has 0 bridgehead atoms. The third-order valence-corrected chi connectivity index (χ3v) is 2.26. The number of aromatic nitrogens is 3. The molecule has 0 unspecified atom stereocenters. The van der Waals surface area contributed by atoms with Crippen LogP contribution in [-0.2, 0) is 7.05 Å². The molecule has 0 atom stereocenters. The summed E-state index contributed by atoms with van der Waals surface area (Å²) in [5.41, 5.74) is 2.47. The predicted molar refractivity (Wildman–Crippen MR) is 56.4 cm³/mol. The molecule has 2 heterocycles. The van der Waals surface area contributed by atoms with Gasteiger partial charge in [-0.1, -0.05) is 0 Å². The second kappa shape index (κ2) is 3.65. The first-order chi connectivity index (χ1) is 7.18. The average Bonchev–Trinajstić information content (AvgIpc) is 2.64. The highest BCUT2D eigenvalue weighted by atomic mass is 16.1. The van der Waals surface area contributed by atoms with Gasteiger partial charge in [-0.2, -0.15) is 0 Å². The van der Waals surface area contributed by atoms with Gasteiger partial charge in [0, 0.05) is 30.6 Å². The minimum absolute atomic E-state index is 0.0199. The molecule has 2 aromatic rings. The summed E-state index contributed by atoms with van der Waals surface area (Å²) in [5, 5.41) is 0. The number of rotatable bonds is 2. The van der Waals surface area contributed by atoms with E-state index in [1.54, 1.807) is 24.9 Å². The Morgan fingerprint density at radius 1 is 1.27 bits per heavy atom. The quantitative estimate of drug-likeness (QED) is 0.694. The van der Waals surface area contributed by atoms with Gasteiger partial charge in [-0.15, -0.1) is 0 Å². The molecule has 0 N–H and O–H groups in total. The molecule has 2 rings (SSSR count). The van der Waals surface area contributed by atoms with Gasteiger partial charge in [0.05, 0.1) is 18.2 Å². The fourth-order valence-electron chi connectivity index (χ4n) is 1.41. The summed E-state index contributed by atoms with van der Waals surface area (Å²) in [6.07, 6.45) is 6.77. The lowest BCUT2D eigenvalue weighted by molar-refractivity contribution is 0.101. The number of carbonyl (C=O) groups is 1. The van der Waals surface area contributed by atoms with Crippen LogP contribution >= 0.6 is 0 Å². The minimum Gasteiger partial charge on any atom is -0.334 e. The first kappa shape index (κ1) is 9.58. The van der Waals surface area contributed by atoms with Crippen LogP contribution in [0.4, 0.5) is 0 Å². The van der Waals surface area contributed by atoms with Crippen molar-refractivity contribution in [1.29, 1.82) is 0 Å². The number of carbonyl (C=O) groups excluding carboxylic acids is 1. The van der Waals surface area contributed by atoms with E-state index in [1.807, 2.05) is 17.7 Å². The molecule has 0 aromatic carbocycles. The van der Waals surface area contributed by atoms with Crippen molar-refractivity contribution in [2.45, 2.75) is 6.92 Å². The maximum Gasteiger partial charge on any atom is 0.161 e. The summed E-state index contributed by atoms with van der Waals surface area (Å²) in [5.74, 6) is 0.0199. The zero-order valence-electron chi connectivity index (χ0n) is 8.64. The Hall–Kier alpha value is -1.97. The molecule has 4 heteroatoms. The van der Waals surface area contributed by atoms with Crippen LogP contribution in [-0.4, -0.2) is 20.3 Å². The predicted octanol–water partition coefficient (Wildman–Crippen LogP) is 1.68. The van der Waals surface area contributed by atoms with Gasteiger partial charge in [-0.05, 0) is 13.0 Å². The number of pyridine rings is 1. The van der Waals surface area contributed by atoms with Crippen molar-refractivity contribution in [2.24, 2.45) is 7.05 Å². The van der Waals surface area contributed by atoms with E-state index in [1.165, 1.54) is 6.92 Å². The molecule has 0 amide bonds. The van der Waals surface area contributed by atoms with Crippen molar-refractivity contribution >= 4 is 5.78 Å². The number of aryl methyl sites for hydroxylation is 1. The molecule has 0 aliphatic heterocycles. The van der Waals surface area contributed by atoms with Crippen molar-refractivity contribution in [3.05, 3.63) is 36.5 Å². The Kier molecular flexibility index (Phi) is 2.33. The first-order valence-corrected chi connectivity index (χ1v) is 4.61. The van der Waals surface area contributed by atoms with E-state index < -0.39 is 0 Å². The zero-order valence-corrected chi connectivity index (χ0v) is 8.64. The number of ketones is 1. The van der Waals surface area contributed by atoms with Crippen LogP contribution in [0.25, 0.3) is 11.3 Å². The molecule has 4 nitrogen and oxygen atoms in total. The first-order valence-electron chi connectivity index (χ1n) is 4.61. The lowest BCUT2D eigenvalue weighted by Gasteiger charge is -2.02. The van der Waals surface area contributed by atoms with E-state index in [2.05, 4.69) is 9.97 Å². The number of nitrogens with zero attached hydrogens (tertiary/aromatic N) is 3. The van der Waals surface area contributed by atoms with Crippen LogP contribution in [0.2, 0.25) is 0 Å². The monoisotopic (exact) mass is 201 g/mol. The van der Waals surface area contributed by atoms with Crippen molar-refractivity contribution < 1.29 is 4.79 Å². The van der Waals surface area contributed by atoms with E-state index in [0.717, 1.165) is 11.3 Å². The summed E-state index contributed by atoms with van der Waals surface area (Å²) in [4.78, 5) is 19.3. The second-order valence-electron chi connectivity index (χ2n) is 3.41. The molecular weight excluding hydrogens is 190 g/mol. The minimum atomic E-state index is 0.0199. The molecule has 0 fully saturated rings. The van der Waals surface area contributed by atoms with Crippen molar-refractivity contribution in [2.75, 3.05) is 0 Å². The highest BCUT2D eigenvalue weighted by molar-refractivity contribution is 5.94. The molecule has 2 aromatic heterocycles. The van der Waals surface area contributed by atoms with Gasteiger partial charge in [-0.25, -0.2) is 4.98 Å². The maximum absolute atomic E-state index is 11.2. The van der Waals surface area contributed by atoms with Crippen LogP contribution in [0.5, 0.6) is 0 Å². The molecule has 15 heavy (non-hydrogen) atoms. The van der Waals surface area contributed by atoms with Gasteiger partial charge in [-0.3, -0.25) is 9.78 Å². The van der Waals surface area contributed by atoms with Gasteiger partial charge in [0.2, 0.25) is 0 Å². The Morgan fingerprint density at radius 2 is 2.07 bits per heavy atom. The Morgan fingerprint density at radius 3 is 2.67 bits per heavy atom. The van der Waals surface area contributed by atoms with Crippen LogP contribution in [0.1, 0.15) is 17.3 Å². The normalized spacial score (nSPS) is 10.3. The third kappa shape index (κ3) is 1.79. The molecule has 0 spiro atoms. The summed E-state index contributed by atoms with van der Waals surface area (Å²) in [6, 6.07) is 1.83. The van der Waals surface area contributed by atoms with Crippen LogP contribution in [0, 0.1) is 0 Å². The standard InChI is InChI=1S/C11H11N3O/c1-8(15)9-3-10(5-12-4-9)11-6-13-7-14(11)2/h3-7H,1-2H3. The molecule has 0 aliphatic rings. The van der Waals surface area contributed by atoms with Crippen LogP contribution < -0.4 is 0 Å². The zero-order chi connectivity index (χ0) is 10.8. The van der Waals surface area contributed by atoms with E-state index in [0.29, 0.717) is 5.56 Å². The SMILES string of the molecule is CC(=O)c1cncc(-c2cncn2C)c1. The molecule has 0 aliphatic carbocycles. The maximum atomic E-state index is 11.2. The molecule has 0 radical (unpaired) electrons. The summed E-state index contributed by atoms with van der Waals surface area (Å²) >= 11 is 0. The second-order valence-corrected chi connectivity index (χ2v) is 3.41.